The van der Waals surface area contributed by atoms with Crippen LogP contribution in [0.2, 0.25) is 0 Å². The van der Waals surface area contributed by atoms with Gasteiger partial charge < -0.3 is 15.0 Å². The average Bonchev–Trinajstić information content (AvgIpc) is 3.18. The third-order valence-electron chi connectivity index (χ3n) is 4.16. The van der Waals surface area contributed by atoms with Crippen molar-refractivity contribution in [3.8, 4) is 23.0 Å². The van der Waals surface area contributed by atoms with Crippen molar-refractivity contribution in [2.24, 2.45) is 0 Å². The van der Waals surface area contributed by atoms with Crippen molar-refractivity contribution in [3.63, 3.8) is 0 Å². The molecule has 1 saturated heterocycles. The molecule has 2 N–H and O–H groups in total. The van der Waals surface area contributed by atoms with E-state index in [-0.39, 0.29) is 11.5 Å². The third kappa shape index (κ3) is 3.43. The summed E-state index contributed by atoms with van der Waals surface area (Å²) in [5, 5.41) is 3.29. The van der Waals surface area contributed by atoms with Gasteiger partial charge in [0.1, 0.15) is 18.2 Å². The molecule has 1 aliphatic rings. The number of imidazole rings is 1. The van der Waals surface area contributed by atoms with E-state index in [1.165, 1.54) is 6.07 Å². The lowest BCUT2D eigenvalue weighted by molar-refractivity contribution is 0.155. The van der Waals surface area contributed by atoms with Gasteiger partial charge in [0.05, 0.1) is 23.7 Å². The number of hydrogen-bond donors (Lipinski definition) is 2. The summed E-state index contributed by atoms with van der Waals surface area (Å²) in [6.07, 6.45) is 11.9. The molecule has 4 rings (SSSR count). The summed E-state index contributed by atoms with van der Waals surface area (Å²) in [7, 11) is 0. The fourth-order valence-corrected chi connectivity index (χ4v) is 2.81. The molecule has 0 atom stereocenters. The van der Waals surface area contributed by atoms with Gasteiger partial charge in [-0.1, -0.05) is 0 Å². The summed E-state index contributed by atoms with van der Waals surface area (Å²) < 4.78 is 7.56. The standard InChI is InChI=1S/C17H18N6O2/c24-15-7-16(23-6-5-19-11-23)21-8-13(15)14-9-22-17(10-20-14)25-12-1-3-18-4-2-12/h5-12,18H,1-4H2,(H,21,24). The van der Waals surface area contributed by atoms with Crippen LogP contribution in [0, 0.1) is 0 Å². The normalized spacial score (nSPS) is 15.2. The molecule has 0 aromatic carbocycles. The first kappa shape index (κ1) is 15.5. The highest BCUT2D eigenvalue weighted by atomic mass is 16.5. The molecule has 8 nitrogen and oxygen atoms in total. The predicted octanol–water partition coefficient (Wildman–Crippen LogP) is 1.15. The van der Waals surface area contributed by atoms with Crippen molar-refractivity contribution >= 4 is 0 Å². The number of nitrogens with one attached hydrogen (secondary N) is 2. The molecule has 3 aromatic heterocycles. The lowest BCUT2D eigenvalue weighted by Crippen LogP contribution is -2.34. The molecular weight excluding hydrogens is 320 g/mol. The second kappa shape index (κ2) is 6.86. The Kier molecular flexibility index (Phi) is 4.26. The van der Waals surface area contributed by atoms with Crippen LogP contribution in [0.15, 0.2) is 48.2 Å². The summed E-state index contributed by atoms with van der Waals surface area (Å²) in [6, 6.07) is 1.51. The number of aromatic amines is 1. The van der Waals surface area contributed by atoms with Gasteiger partial charge in [0.15, 0.2) is 5.43 Å². The zero-order valence-electron chi connectivity index (χ0n) is 13.6. The second-order valence-electron chi connectivity index (χ2n) is 5.87. The number of rotatable bonds is 4. The van der Waals surface area contributed by atoms with E-state index in [4.69, 9.17) is 4.74 Å². The molecule has 0 aliphatic carbocycles. The Balaban J connectivity index is 1.52. The number of H-pyrrole nitrogens is 1. The SMILES string of the molecule is O=c1cc(-n2ccnc2)[nH]cc1-c1cnc(OC2CCNCC2)cn1. The molecule has 0 amide bonds. The van der Waals surface area contributed by atoms with Gasteiger partial charge in [-0.15, -0.1) is 0 Å². The Bertz CT molecular complexity index is 882. The first-order valence-corrected chi connectivity index (χ1v) is 8.20. The summed E-state index contributed by atoms with van der Waals surface area (Å²) in [5.74, 6) is 1.13. The molecule has 0 radical (unpaired) electrons. The fraction of sp³-hybridized carbons (Fsp3) is 0.294. The van der Waals surface area contributed by atoms with E-state index in [1.54, 1.807) is 41.9 Å². The van der Waals surface area contributed by atoms with Gasteiger partial charge >= 0.3 is 0 Å². The molecule has 1 fully saturated rings. The highest BCUT2D eigenvalue weighted by Gasteiger charge is 2.15. The summed E-state index contributed by atoms with van der Waals surface area (Å²) >= 11 is 0. The maximum absolute atomic E-state index is 12.4. The van der Waals surface area contributed by atoms with Crippen LogP contribution in [-0.4, -0.2) is 43.7 Å². The molecule has 128 valence electrons. The van der Waals surface area contributed by atoms with Crippen molar-refractivity contribution < 1.29 is 4.74 Å². The predicted molar refractivity (Wildman–Crippen MR) is 91.7 cm³/mol. The maximum Gasteiger partial charge on any atom is 0.232 e. The van der Waals surface area contributed by atoms with Gasteiger partial charge in [0.25, 0.3) is 0 Å². The Morgan fingerprint density at radius 1 is 1.20 bits per heavy atom. The van der Waals surface area contributed by atoms with Crippen LogP contribution in [-0.2, 0) is 0 Å². The van der Waals surface area contributed by atoms with Gasteiger partial charge in [-0.05, 0) is 25.9 Å². The summed E-state index contributed by atoms with van der Waals surface area (Å²) in [5.41, 5.74) is 0.838. The number of piperidine rings is 1. The van der Waals surface area contributed by atoms with Crippen LogP contribution in [0.3, 0.4) is 0 Å². The van der Waals surface area contributed by atoms with E-state index < -0.39 is 0 Å². The number of aromatic nitrogens is 5. The van der Waals surface area contributed by atoms with Crippen molar-refractivity contribution in [2.75, 3.05) is 13.1 Å². The molecule has 0 saturated carbocycles. The van der Waals surface area contributed by atoms with Crippen LogP contribution >= 0.6 is 0 Å². The summed E-state index contributed by atoms with van der Waals surface area (Å²) in [6.45, 7) is 1.91. The largest absolute Gasteiger partial charge is 0.473 e. The zero-order chi connectivity index (χ0) is 17.1. The lowest BCUT2D eigenvalue weighted by atomic mass is 10.1. The Hall–Kier alpha value is -3.00. The maximum atomic E-state index is 12.4. The fourth-order valence-electron chi connectivity index (χ4n) is 2.81. The Morgan fingerprint density at radius 3 is 2.76 bits per heavy atom. The molecule has 1 aliphatic heterocycles. The average molecular weight is 338 g/mol. The number of hydrogen-bond acceptors (Lipinski definition) is 6. The smallest absolute Gasteiger partial charge is 0.232 e. The Labute approximate surface area is 143 Å². The third-order valence-corrected chi connectivity index (χ3v) is 4.16. The van der Waals surface area contributed by atoms with E-state index in [0.29, 0.717) is 23.0 Å². The lowest BCUT2D eigenvalue weighted by Gasteiger charge is -2.22. The highest BCUT2D eigenvalue weighted by molar-refractivity contribution is 5.57. The van der Waals surface area contributed by atoms with E-state index in [9.17, 15) is 4.79 Å². The van der Waals surface area contributed by atoms with Gasteiger partial charge in [-0.2, -0.15) is 0 Å². The van der Waals surface area contributed by atoms with Gasteiger partial charge in [-0.3, -0.25) is 9.36 Å². The van der Waals surface area contributed by atoms with Crippen LogP contribution in [0.1, 0.15) is 12.8 Å². The van der Waals surface area contributed by atoms with Crippen LogP contribution in [0.5, 0.6) is 5.88 Å². The molecule has 4 heterocycles. The van der Waals surface area contributed by atoms with E-state index in [1.807, 2.05) is 0 Å². The minimum atomic E-state index is -0.135. The first-order chi connectivity index (χ1) is 12.3. The van der Waals surface area contributed by atoms with Crippen molar-refractivity contribution in [2.45, 2.75) is 18.9 Å². The monoisotopic (exact) mass is 338 g/mol. The molecule has 0 unspecified atom stereocenters. The van der Waals surface area contributed by atoms with Crippen LogP contribution in [0.4, 0.5) is 0 Å². The second-order valence-corrected chi connectivity index (χ2v) is 5.87. The minimum Gasteiger partial charge on any atom is -0.473 e. The topological polar surface area (TPSA) is 97.7 Å². The number of ether oxygens (including phenoxy) is 1. The summed E-state index contributed by atoms with van der Waals surface area (Å²) in [4.78, 5) is 28.0. The molecule has 25 heavy (non-hydrogen) atoms. The van der Waals surface area contributed by atoms with Gasteiger partial charge in [-0.25, -0.2) is 15.0 Å². The van der Waals surface area contributed by atoms with Gasteiger partial charge in [0, 0.05) is 24.7 Å². The van der Waals surface area contributed by atoms with Crippen LogP contribution in [0.25, 0.3) is 17.1 Å². The molecular formula is C17H18N6O2. The van der Waals surface area contributed by atoms with E-state index in [0.717, 1.165) is 25.9 Å². The van der Waals surface area contributed by atoms with E-state index >= 15 is 0 Å². The van der Waals surface area contributed by atoms with Crippen molar-refractivity contribution in [1.29, 1.82) is 0 Å². The van der Waals surface area contributed by atoms with E-state index in [2.05, 4.69) is 25.3 Å². The molecule has 0 spiro atoms. The quantitative estimate of drug-likeness (QED) is 0.740. The van der Waals surface area contributed by atoms with Crippen molar-refractivity contribution in [3.05, 3.63) is 53.6 Å². The number of nitrogens with zero attached hydrogens (tertiary/aromatic N) is 4. The minimum absolute atomic E-state index is 0.135. The number of pyridine rings is 1. The van der Waals surface area contributed by atoms with Gasteiger partial charge in [0.2, 0.25) is 5.88 Å². The molecule has 0 bridgehead atoms. The first-order valence-electron chi connectivity index (χ1n) is 8.20. The molecule has 3 aromatic rings. The molecule has 8 heteroatoms. The Morgan fingerprint density at radius 2 is 2.08 bits per heavy atom. The zero-order valence-corrected chi connectivity index (χ0v) is 13.6. The van der Waals surface area contributed by atoms with Crippen LogP contribution < -0.4 is 15.5 Å². The highest BCUT2D eigenvalue weighted by Crippen LogP contribution is 2.17. The van der Waals surface area contributed by atoms with Crippen molar-refractivity contribution in [1.82, 2.24) is 29.8 Å².